The van der Waals surface area contributed by atoms with Crippen LogP contribution in [0.1, 0.15) is 13.3 Å². The first kappa shape index (κ1) is 15.2. The second-order valence-electron chi connectivity index (χ2n) is 4.77. The van der Waals surface area contributed by atoms with Crippen LogP contribution in [-0.2, 0) is 4.79 Å². The second-order valence-corrected chi connectivity index (χ2v) is 4.77. The number of benzene rings is 1. The van der Waals surface area contributed by atoms with E-state index in [0.29, 0.717) is 24.3 Å². The normalized spacial score (nSPS) is 15.6. The molecule has 1 aromatic carbocycles. The minimum absolute atomic E-state index is 0.205. The minimum Gasteiger partial charge on any atom is -0.393 e. The molecule has 2 N–H and O–H groups in total. The molecule has 114 valence electrons. The number of carbonyl (C=O) groups is 1. The molecule has 0 radical (unpaired) electrons. The van der Waals surface area contributed by atoms with Crippen molar-refractivity contribution in [2.45, 2.75) is 19.5 Å². The van der Waals surface area contributed by atoms with Crippen LogP contribution in [-0.4, -0.2) is 25.2 Å². The van der Waals surface area contributed by atoms with E-state index in [0.717, 1.165) is 11.1 Å². The van der Waals surface area contributed by atoms with E-state index in [1.165, 1.54) is 4.90 Å². The topological polar surface area (TPSA) is 49.6 Å². The van der Waals surface area contributed by atoms with Crippen molar-refractivity contribution < 1.29 is 18.0 Å². The lowest BCUT2D eigenvalue weighted by molar-refractivity contribution is -0.119. The van der Waals surface area contributed by atoms with Crippen molar-refractivity contribution in [2.24, 2.45) is 5.73 Å². The van der Waals surface area contributed by atoms with Crippen LogP contribution in [0.15, 0.2) is 36.2 Å². The lowest BCUT2D eigenvalue weighted by Crippen LogP contribution is -2.34. The van der Waals surface area contributed by atoms with Crippen LogP contribution in [0.2, 0.25) is 0 Å². The zero-order valence-corrected chi connectivity index (χ0v) is 11.5. The number of amides is 1. The van der Waals surface area contributed by atoms with Crippen molar-refractivity contribution in [3.05, 3.63) is 36.2 Å². The van der Waals surface area contributed by atoms with E-state index in [-0.39, 0.29) is 5.70 Å². The van der Waals surface area contributed by atoms with Crippen molar-refractivity contribution in [3.63, 3.8) is 0 Å². The molecule has 0 aromatic heterocycles. The van der Waals surface area contributed by atoms with Gasteiger partial charge in [-0.3, -0.25) is 4.79 Å². The number of hydrogen-bond acceptors (Lipinski definition) is 3. The fourth-order valence-corrected chi connectivity index (χ4v) is 2.26. The number of para-hydroxylation sites is 2. The first-order valence-corrected chi connectivity index (χ1v) is 6.55. The number of alkyl halides is 3. The van der Waals surface area contributed by atoms with E-state index in [2.05, 4.69) is 0 Å². The van der Waals surface area contributed by atoms with E-state index in [4.69, 9.17) is 5.73 Å². The van der Waals surface area contributed by atoms with Crippen LogP contribution >= 0.6 is 0 Å². The van der Waals surface area contributed by atoms with Crippen LogP contribution in [0.5, 0.6) is 0 Å². The van der Waals surface area contributed by atoms with E-state index in [1.807, 2.05) is 6.92 Å². The summed E-state index contributed by atoms with van der Waals surface area (Å²) in [4.78, 5) is 14.6. The summed E-state index contributed by atoms with van der Waals surface area (Å²) in [5.41, 5.74) is 6.20. The molecule has 1 aromatic rings. The van der Waals surface area contributed by atoms with Gasteiger partial charge in [-0.25, -0.2) is 0 Å². The van der Waals surface area contributed by atoms with E-state index in [9.17, 15) is 18.0 Å². The van der Waals surface area contributed by atoms with Gasteiger partial charge in [0.15, 0.2) is 0 Å². The molecule has 21 heavy (non-hydrogen) atoms. The maximum Gasteiger partial charge on any atom is 0.406 e. The molecule has 0 atom stereocenters. The van der Waals surface area contributed by atoms with Gasteiger partial charge in [0.2, 0.25) is 0 Å². The van der Waals surface area contributed by atoms with Gasteiger partial charge in [0.1, 0.15) is 12.2 Å². The number of rotatable bonds is 3. The van der Waals surface area contributed by atoms with Crippen LogP contribution in [0.25, 0.3) is 0 Å². The number of nitrogens with zero attached hydrogens (tertiary/aromatic N) is 2. The smallest absolute Gasteiger partial charge is 0.393 e. The first-order chi connectivity index (χ1) is 9.83. The van der Waals surface area contributed by atoms with Gasteiger partial charge in [0.05, 0.1) is 11.4 Å². The molecule has 0 unspecified atom stereocenters. The van der Waals surface area contributed by atoms with Crippen LogP contribution < -0.4 is 15.5 Å². The summed E-state index contributed by atoms with van der Waals surface area (Å²) in [6.07, 6.45) is -2.66. The van der Waals surface area contributed by atoms with Gasteiger partial charge in [0.25, 0.3) is 5.91 Å². The Morgan fingerprint density at radius 1 is 1.19 bits per heavy atom. The largest absolute Gasteiger partial charge is 0.406 e. The first-order valence-electron chi connectivity index (χ1n) is 6.55. The van der Waals surface area contributed by atoms with Crippen LogP contribution in [0.4, 0.5) is 24.5 Å². The minimum atomic E-state index is -4.40. The second kappa shape index (κ2) is 5.67. The molecule has 1 aliphatic rings. The van der Waals surface area contributed by atoms with Crippen LogP contribution in [0, 0.1) is 0 Å². The quantitative estimate of drug-likeness (QED) is 0.933. The molecule has 0 aliphatic carbocycles. The van der Waals surface area contributed by atoms with Gasteiger partial charge in [-0.2, -0.15) is 13.2 Å². The predicted octanol–water partition coefficient (Wildman–Crippen LogP) is 2.61. The number of nitrogens with two attached hydrogens (primary N) is 1. The third-order valence-electron chi connectivity index (χ3n) is 3.07. The van der Waals surface area contributed by atoms with Crippen LogP contribution in [0.3, 0.4) is 0 Å². The Labute approximate surface area is 120 Å². The fraction of sp³-hybridized carbons (Fsp3) is 0.357. The molecular formula is C14H16F3N3O. The predicted molar refractivity (Wildman–Crippen MR) is 74.8 cm³/mol. The average molecular weight is 299 g/mol. The summed E-state index contributed by atoms with van der Waals surface area (Å²) < 4.78 is 38.2. The van der Waals surface area contributed by atoms with E-state index in [1.54, 1.807) is 24.3 Å². The SMILES string of the molecule is CCCN1C(=O)C(N)=CN(CC(F)(F)F)c2ccccc21. The number of halogens is 3. The average Bonchev–Trinajstić information content (AvgIpc) is 2.49. The standard InChI is InChI=1S/C14H16F3N3O/c1-2-7-20-12-6-4-3-5-11(12)19(9-14(15,16)17)8-10(18)13(20)21/h3-6,8H,2,7,9,18H2,1H3. The zero-order valence-electron chi connectivity index (χ0n) is 11.5. The summed E-state index contributed by atoms with van der Waals surface area (Å²) in [6, 6.07) is 6.49. The monoisotopic (exact) mass is 299 g/mol. The Morgan fingerprint density at radius 3 is 2.38 bits per heavy atom. The van der Waals surface area contributed by atoms with Gasteiger partial charge in [-0.1, -0.05) is 19.1 Å². The Hall–Kier alpha value is -2.18. The molecule has 0 saturated carbocycles. The lowest BCUT2D eigenvalue weighted by Gasteiger charge is -2.26. The summed E-state index contributed by atoms with van der Waals surface area (Å²) in [6.45, 7) is 1.08. The summed E-state index contributed by atoms with van der Waals surface area (Å²) in [5.74, 6) is -0.478. The van der Waals surface area contributed by atoms with Crippen molar-refractivity contribution in [2.75, 3.05) is 22.9 Å². The zero-order chi connectivity index (χ0) is 15.6. The molecule has 1 aliphatic heterocycles. The number of anilines is 2. The Kier molecular flexibility index (Phi) is 4.11. The van der Waals surface area contributed by atoms with Gasteiger partial charge in [-0.15, -0.1) is 0 Å². The summed E-state index contributed by atoms with van der Waals surface area (Å²) >= 11 is 0. The van der Waals surface area contributed by atoms with Gasteiger partial charge in [-0.05, 0) is 18.6 Å². The highest BCUT2D eigenvalue weighted by Crippen LogP contribution is 2.34. The Morgan fingerprint density at radius 2 is 1.81 bits per heavy atom. The Bertz CT molecular complexity index is 569. The fourth-order valence-electron chi connectivity index (χ4n) is 2.26. The molecule has 2 rings (SSSR count). The molecule has 0 fully saturated rings. The van der Waals surface area contributed by atoms with Gasteiger partial charge in [0, 0.05) is 12.7 Å². The summed E-state index contributed by atoms with van der Waals surface area (Å²) in [5, 5.41) is 0. The maximum absolute atomic E-state index is 12.7. The number of carbonyl (C=O) groups excluding carboxylic acids is 1. The van der Waals surface area contributed by atoms with Gasteiger partial charge >= 0.3 is 6.18 Å². The van der Waals surface area contributed by atoms with Crippen molar-refractivity contribution in [1.29, 1.82) is 0 Å². The highest BCUT2D eigenvalue weighted by atomic mass is 19.4. The highest BCUT2D eigenvalue weighted by Gasteiger charge is 2.34. The molecule has 0 spiro atoms. The highest BCUT2D eigenvalue weighted by molar-refractivity contribution is 6.08. The molecule has 1 amide bonds. The number of fused-ring (bicyclic) bond motifs is 1. The van der Waals surface area contributed by atoms with Crippen molar-refractivity contribution in [1.82, 2.24) is 0 Å². The van der Waals surface area contributed by atoms with Crippen molar-refractivity contribution >= 4 is 17.3 Å². The molecule has 0 bridgehead atoms. The number of hydrogen-bond donors (Lipinski definition) is 1. The molecule has 4 nitrogen and oxygen atoms in total. The molecule has 1 heterocycles. The van der Waals surface area contributed by atoms with E-state index >= 15 is 0 Å². The van der Waals surface area contributed by atoms with E-state index < -0.39 is 18.6 Å². The third kappa shape index (κ3) is 3.29. The van der Waals surface area contributed by atoms with Gasteiger partial charge < -0.3 is 15.5 Å². The Balaban J connectivity index is 2.52. The third-order valence-corrected chi connectivity index (χ3v) is 3.07. The molecule has 0 saturated heterocycles. The summed E-state index contributed by atoms with van der Waals surface area (Å²) in [7, 11) is 0. The van der Waals surface area contributed by atoms with Crippen molar-refractivity contribution in [3.8, 4) is 0 Å². The maximum atomic E-state index is 12.7. The lowest BCUT2D eigenvalue weighted by atomic mass is 10.2. The molecule has 7 heteroatoms. The molecular weight excluding hydrogens is 283 g/mol.